The molecule has 1 aliphatic carbocycles. The Balaban J connectivity index is 2.21. The highest BCUT2D eigenvalue weighted by Gasteiger charge is 2.07. The summed E-state index contributed by atoms with van der Waals surface area (Å²) in [6, 6.07) is 7.72. The minimum atomic E-state index is 0.764. The van der Waals surface area contributed by atoms with Crippen molar-refractivity contribution in [1.82, 2.24) is 0 Å². The van der Waals surface area contributed by atoms with Crippen LogP contribution in [0.2, 0.25) is 5.02 Å². The summed E-state index contributed by atoms with van der Waals surface area (Å²) >= 11 is 5.86. The number of aliphatic imine (C=N–C) groups is 1. The van der Waals surface area contributed by atoms with Gasteiger partial charge in [-0.25, -0.2) is 0 Å². The molecule has 0 N–H and O–H groups in total. The van der Waals surface area contributed by atoms with Gasteiger partial charge in [0.25, 0.3) is 0 Å². The van der Waals surface area contributed by atoms with Crippen LogP contribution >= 0.6 is 11.6 Å². The van der Waals surface area contributed by atoms with Crippen molar-refractivity contribution >= 4 is 23.0 Å². The van der Waals surface area contributed by atoms with E-state index in [1.54, 1.807) is 0 Å². The third-order valence-corrected chi connectivity index (χ3v) is 2.51. The normalized spacial score (nSPS) is 16.2. The topological polar surface area (TPSA) is 12.4 Å². The van der Waals surface area contributed by atoms with Crippen molar-refractivity contribution < 1.29 is 0 Å². The highest BCUT2D eigenvalue weighted by atomic mass is 35.5. The second-order valence-corrected chi connectivity index (χ2v) is 3.80. The van der Waals surface area contributed by atoms with Gasteiger partial charge < -0.3 is 0 Å². The lowest BCUT2D eigenvalue weighted by molar-refractivity contribution is 0.886. The molecule has 68 valence electrons. The van der Waals surface area contributed by atoms with E-state index in [2.05, 4.69) is 4.99 Å². The summed E-state index contributed by atoms with van der Waals surface area (Å²) in [4.78, 5) is 4.55. The summed E-state index contributed by atoms with van der Waals surface area (Å²) in [5.74, 6) is 0. The van der Waals surface area contributed by atoms with Gasteiger partial charge in [0.05, 0.1) is 5.69 Å². The number of rotatable bonds is 1. The van der Waals surface area contributed by atoms with Crippen LogP contribution in [0.15, 0.2) is 29.3 Å². The average molecular weight is 194 g/mol. The first-order chi connectivity index (χ1) is 6.34. The van der Waals surface area contributed by atoms with Crippen molar-refractivity contribution in [3.8, 4) is 0 Å². The van der Waals surface area contributed by atoms with E-state index in [1.165, 1.54) is 18.6 Å². The maximum atomic E-state index is 5.86. The van der Waals surface area contributed by atoms with Gasteiger partial charge in [-0.1, -0.05) is 17.7 Å². The molecule has 0 spiro atoms. The van der Waals surface area contributed by atoms with Crippen molar-refractivity contribution in [1.29, 1.82) is 0 Å². The van der Waals surface area contributed by atoms with E-state index in [4.69, 9.17) is 11.6 Å². The number of halogens is 1. The van der Waals surface area contributed by atoms with Crippen molar-refractivity contribution in [2.45, 2.75) is 25.7 Å². The Morgan fingerprint density at radius 2 is 1.92 bits per heavy atom. The van der Waals surface area contributed by atoms with Crippen LogP contribution in [0, 0.1) is 0 Å². The van der Waals surface area contributed by atoms with Crippen LogP contribution in [-0.4, -0.2) is 5.71 Å². The minimum Gasteiger partial charge on any atom is -0.258 e. The molecule has 2 heteroatoms. The Hall–Kier alpha value is -0.820. The summed E-state index contributed by atoms with van der Waals surface area (Å²) < 4.78 is 0. The van der Waals surface area contributed by atoms with Crippen molar-refractivity contribution in [2.24, 2.45) is 4.99 Å². The van der Waals surface area contributed by atoms with E-state index in [-0.39, 0.29) is 0 Å². The van der Waals surface area contributed by atoms with Crippen molar-refractivity contribution in [3.63, 3.8) is 0 Å². The van der Waals surface area contributed by atoms with Crippen LogP contribution in [0.25, 0.3) is 0 Å². The first-order valence-corrected chi connectivity index (χ1v) is 5.04. The smallest absolute Gasteiger partial charge is 0.0643 e. The molecular formula is C11H12ClN. The molecule has 0 unspecified atom stereocenters. The molecule has 2 rings (SSSR count). The Labute approximate surface area is 83.4 Å². The van der Waals surface area contributed by atoms with E-state index in [9.17, 15) is 0 Å². The quantitative estimate of drug-likeness (QED) is 0.640. The molecule has 13 heavy (non-hydrogen) atoms. The summed E-state index contributed by atoms with van der Waals surface area (Å²) in [6.45, 7) is 0. The lowest BCUT2D eigenvalue weighted by Gasteiger charge is -1.97. The molecular weight excluding hydrogens is 182 g/mol. The molecule has 1 nitrogen and oxygen atoms in total. The third kappa shape index (κ3) is 2.31. The van der Waals surface area contributed by atoms with Gasteiger partial charge in [0.1, 0.15) is 0 Å². The fourth-order valence-corrected chi connectivity index (χ4v) is 1.81. The van der Waals surface area contributed by atoms with Gasteiger partial charge in [0, 0.05) is 10.7 Å². The van der Waals surface area contributed by atoms with Crippen LogP contribution in [0.4, 0.5) is 5.69 Å². The van der Waals surface area contributed by atoms with Crippen LogP contribution < -0.4 is 0 Å². The fraction of sp³-hybridized carbons (Fsp3) is 0.364. The summed E-state index contributed by atoms with van der Waals surface area (Å²) in [7, 11) is 0. The minimum absolute atomic E-state index is 0.764. The third-order valence-electron chi connectivity index (χ3n) is 2.28. The van der Waals surface area contributed by atoms with E-state index >= 15 is 0 Å². The van der Waals surface area contributed by atoms with E-state index in [1.807, 2.05) is 24.3 Å². The highest BCUT2D eigenvalue weighted by Crippen LogP contribution is 2.22. The maximum Gasteiger partial charge on any atom is 0.0643 e. The van der Waals surface area contributed by atoms with Gasteiger partial charge >= 0.3 is 0 Å². The zero-order valence-electron chi connectivity index (χ0n) is 7.46. The molecule has 0 heterocycles. The Morgan fingerprint density at radius 1 is 1.15 bits per heavy atom. The molecule has 0 aliphatic heterocycles. The van der Waals surface area contributed by atoms with Gasteiger partial charge in [-0.15, -0.1) is 0 Å². The Kier molecular flexibility index (Phi) is 2.65. The predicted octanol–water partition coefficient (Wildman–Crippen LogP) is 3.99. The van der Waals surface area contributed by atoms with Crippen molar-refractivity contribution in [2.75, 3.05) is 0 Å². The molecule has 1 aliphatic rings. The predicted molar refractivity (Wildman–Crippen MR) is 57.0 cm³/mol. The fourth-order valence-electron chi connectivity index (χ4n) is 1.62. The van der Waals surface area contributed by atoms with Gasteiger partial charge in [0.2, 0.25) is 0 Å². The summed E-state index contributed by atoms with van der Waals surface area (Å²) in [5, 5.41) is 0.764. The molecule has 1 fully saturated rings. The SMILES string of the molecule is Clc1cccc(N=C2CCCC2)c1. The van der Waals surface area contributed by atoms with Gasteiger partial charge in [-0.2, -0.15) is 0 Å². The highest BCUT2D eigenvalue weighted by molar-refractivity contribution is 6.30. The number of hydrogen-bond donors (Lipinski definition) is 0. The molecule has 1 aromatic carbocycles. The summed E-state index contributed by atoms with van der Waals surface area (Å²) in [5.41, 5.74) is 2.31. The molecule has 0 saturated heterocycles. The van der Waals surface area contributed by atoms with Crippen LogP contribution in [0.5, 0.6) is 0 Å². The van der Waals surface area contributed by atoms with Gasteiger partial charge in [0.15, 0.2) is 0 Å². The molecule has 1 aromatic rings. The molecule has 1 saturated carbocycles. The molecule has 0 atom stereocenters. The Morgan fingerprint density at radius 3 is 2.62 bits per heavy atom. The molecule has 0 aromatic heterocycles. The van der Waals surface area contributed by atoms with Crippen LogP contribution in [0.3, 0.4) is 0 Å². The molecule has 0 amide bonds. The van der Waals surface area contributed by atoms with Crippen LogP contribution in [0.1, 0.15) is 25.7 Å². The van der Waals surface area contributed by atoms with E-state index in [0.717, 1.165) is 23.6 Å². The lowest BCUT2D eigenvalue weighted by atomic mass is 10.3. The van der Waals surface area contributed by atoms with Gasteiger partial charge in [-0.3, -0.25) is 4.99 Å². The molecule has 0 bridgehead atoms. The largest absolute Gasteiger partial charge is 0.258 e. The van der Waals surface area contributed by atoms with E-state index in [0.29, 0.717) is 0 Å². The Bertz CT molecular complexity index is 323. The van der Waals surface area contributed by atoms with Gasteiger partial charge in [-0.05, 0) is 43.9 Å². The first kappa shape index (κ1) is 8.76. The first-order valence-electron chi connectivity index (χ1n) is 4.66. The lowest BCUT2D eigenvalue weighted by Crippen LogP contribution is -1.85. The van der Waals surface area contributed by atoms with Crippen LogP contribution in [-0.2, 0) is 0 Å². The number of benzene rings is 1. The maximum absolute atomic E-state index is 5.86. The van der Waals surface area contributed by atoms with Crippen molar-refractivity contribution in [3.05, 3.63) is 29.3 Å². The zero-order valence-corrected chi connectivity index (χ0v) is 8.22. The second kappa shape index (κ2) is 3.93. The number of hydrogen-bond acceptors (Lipinski definition) is 1. The van der Waals surface area contributed by atoms with E-state index < -0.39 is 0 Å². The zero-order chi connectivity index (χ0) is 9.10. The monoisotopic (exact) mass is 193 g/mol. The standard InChI is InChI=1S/C11H12ClN/c12-9-4-3-7-11(8-9)13-10-5-1-2-6-10/h3-4,7-8H,1-2,5-6H2. The molecule has 0 radical (unpaired) electrons. The number of nitrogens with zero attached hydrogens (tertiary/aromatic N) is 1. The second-order valence-electron chi connectivity index (χ2n) is 3.37. The summed E-state index contributed by atoms with van der Waals surface area (Å²) in [6.07, 6.45) is 4.90. The average Bonchev–Trinajstić information content (AvgIpc) is 2.57.